The van der Waals surface area contributed by atoms with Gasteiger partial charge in [-0.25, -0.2) is 0 Å². The summed E-state index contributed by atoms with van der Waals surface area (Å²) >= 11 is 0. The summed E-state index contributed by atoms with van der Waals surface area (Å²) < 4.78 is 0. The lowest BCUT2D eigenvalue weighted by Crippen LogP contribution is -2.04. The first-order valence-electron chi connectivity index (χ1n) is 4.63. The molecule has 0 aliphatic heterocycles. The van der Waals surface area contributed by atoms with Gasteiger partial charge in [0.15, 0.2) is 0 Å². The monoisotopic (exact) mass is 208 g/mol. The fourth-order valence-electron chi connectivity index (χ4n) is 1.11. The molecule has 3 heteroatoms. The Morgan fingerprint density at radius 3 is 2.08 bits per heavy atom. The van der Waals surface area contributed by atoms with Crippen molar-refractivity contribution in [3.05, 3.63) is 0 Å². The summed E-state index contributed by atoms with van der Waals surface area (Å²) in [4.78, 5) is 10.2. The summed E-state index contributed by atoms with van der Waals surface area (Å²) in [5.74, 6) is -0.675. The van der Waals surface area contributed by atoms with Crippen molar-refractivity contribution in [1.82, 2.24) is 0 Å². The second-order valence-corrected chi connectivity index (χ2v) is 4.52. The number of rotatable bonds is 5. The van der Waals surface area contributed by atoms with Gasteiger partial charge in [0.05, 0.1) is 0 Å². The smallest absolute Gasteiger partial charge is 0.303 e. The maximum atomic E-state index is 10.2. The molecule has 0 saturated heterocycles. The van der Waals surface area contributed by atoms with Crippen molar-refractivity contribution in [1.29, 1.82) is 0 Å². The number of hydrogen-bond acceptors (Lipinski definition) is 1. The van der Waals surface area contributed by atoms with E-state index in [9.17, 15) is 4.79 Å². The number of halogens is 1. The van der Waals surface area contributed by atoms with Crippen molar-refractivity contribution in [2.45, 2.75) is 52.9 Å². The first-order valence-corrected chi connectivity index (χ1v) is 4.63. The zero-order valence-electron chi connectivity index (χ0n) is 8.80. The molecule has 0 aliphatic carbocycles. The van der Waals surface area contributed by atoms with Crippen LogP contribution in [0.1, 0.15) is 52.9 Å². The molecule has 0 aromatic carbocycles. The van der Waals surface area contributed by atoms with Gasteiger partial charge in [0.1, 0.15) is 0 Å². The van der Waals surface area contributed by atoms with Crippen LogP contribution >= 0.6 is 12.4 Å². The quantitative estimate of drug-likeness (QED) is 0.703. The molecule has 2 nitrogen and oxygen atoms in total. The van der Waals surface area contributed by atoms with E-state index in [0.717, 1.165) is 19.3 Å². The highest BCUT2D eigenvalue weighted by Crippen LogP contribution is 2.22. The van der Waals surface area contributed by atoms with Gasteiger partial charge in [-0.15, -0.1) is 12.4 Å². The third-order valence-electron chi connectivity index (χ3n) is 1.82. The van der Waals surface area contributed by atoms with Crippen LogP contribution in [-0.2, 0) is 4.79 Å². The number of carboxylic acid groups (broad SMARTS) is 1. The molecular weight excluding hydrogens is 188 g/mol. The Morgan fingerprint density at radius 2 is 1.69 bits per heavy atom. The highest BCUT2D eigenvalue weighted by Gasteiger charge is 2.08. The van der Waals surface area contributed by atoms with E-state index in [1.807, 2.05) is 0 Å². The Balaban J connectivity index is 0. The van der Waals surface area contributed by atoms with E-state index in [-0.39, 0.29) is 12.4 Å². The van der Waals surface area contributed by atoms with Crippen molar-refractivity contribution in [3.8, 4) is 0 Å². The van der Waals surface area contributed by atoms with Crippen LogP contribution in [0, 0.1) is 5.41 Å². The predicted octanol–water partition coefficient (Wildman–Crippen LogP) is 3.49. The second kappa shape index (κ2) is 7.19. The van der Waals surface area contributed by atoms with Gasteiger partial charge in [-0.1, -0.05) is 33.6 Å². The Labute approximate surface area is 87.1 Å². The molecule has 0 fully saturated rings. The van der Waals surface area contributed by atoms with Gasteiger partial charge >= 0.3 is 5.97 Å². The zero-order valence-corrected chi connectivity index (χ0v) is 9.62. The minimum atomic E-state index is -0.675. The first kappa shape index (κ1) is 15.2. The molecular formula is C10H21ClO2. The van der Waals surface area contributed by atoms with Crippen molar-refractivity contribution in [3.63, 3.8) is 0 Å². The van der Waals surface area contributed by atoms with E-state index in [1.165, 1.54) is 6.42 Å². The van der Waals surface area contributed by atoms with Gasteiger partial charge in [0.25, 0.3) is 0 Å². The standard InChI is InChI=1S/C10H20O2.ClH/c1-10(2,3)8-6-4-5-7-9(11)12;/h4-8H2,1-3H3,(H,11,12);1H. The third kappa shape index (κ3) is 14.6. The Kier molecular flexibility index (Phi) is 8.43. The highest BCUT2D eigenvalue weighted by molar-refractivity contribution is 5.85. The number of aliphatic carboxylic acids is 1. The summed E-state index contributed by atoms with van der Waals surface area (Å²) in [7, 11) is 0. The largest absolute Gasteiger partial charge is 0.481 e. The summed E-state index contributed by atoms with van der Waals surface area (Å²) in [6.45, 7) is 6.64. The molecule has 0 unspecified atom stereocenters. The van der Waals surface area contributed by atoms with Crippen LogP contribution in [0.3, 0.4) is 0 Å². The predicted molar refractivity (Wildman–Crippen MR) is 57.4 cm³/mol. The van der Waals surface area contributed by atoms with Gasteiger partial charge in [0, 0.05) is 6.42 Å². The van der Waals surface area contributed by atoms with Crippen LogP contribution in [0.15, 0.2) is 0 Å². The van der Waals surface area contributed by atoms with Crippen molar-refractivity contribution >= 4 is 18.4 Å². The number of carboxylic acids is 1. The summed E-state index contributed by atoms with van der Waals surface area (Å²) in [5, 5.41) is 8.37. The molecule has 0 radical (unpaired) electrons. The second-order valence-electron chi connectivity index (χ2n) is 4.52. The van der Waals surface area contributed by atoms with Crippen LogP contribution < -0.4 is 0 Å². The highest BCUT2D eigenvalue weighted by atomic mass is 35.5. The number of unbranched alkanes of at least 4 members (excludes halogenated alkanes) is 2. The average molecular weight is 209 g/mol. The van der Waals surface area contributed by atoms with Crippen LogP contribution in [-0.4, -0.2) is 11.1 Å². The molecule has 0 aliphatic rings. The Morgan fingerprint density at radius 1 is 1.15 bits per heavy atom. The normalized spacial score (nSPS) is 10.7. The van der Waals surface area contributed by atoms with Crippen molar-refractivity contribution in [2.24, 2.45) is 5.41 Å². The molecule has 0 heterocycles. The molecule has 0 spiro atoms. The average Bonchev–Trinajstić information content (AvgIpc) is 1.83. The molecule has 0 atom stereocenters. The van der Waals surface area contributed by atoms with E-state index >= 15 is 0 Å². The summed E-state index contributed by atoms with van der Waals surface area (Å²) in [5.41, 5.74) is 0.392. The molecule has 0 aromatic heterocycles. The SMILES string of the molecule is CC(C)(C)CCCCCC(=O)O.Cl. The Bertz CT molecular complexity index is 138. The lowest BCUT2D eigenvalue weighted by Gasteiger charge is -2.17. The van der Waals surface area contributed by atoms with Gasteiger partial charge in [0.2, 0.25) is 0 Å². The summed E-state index contributed by atoms with van der Waals surface area (Å²) in [6.07, 6.45) is 4.53. The minimum absolute atomic E-state index is 0. The fourth-order valence-corrected chi connectivity index (χ4v) is 1.11. The molecule has 0 saturated carbocycles. The molecule has 1 N–H and O–H groups in total. The van der Waals surface area contributed by atoms with E-state index in [2.05, 4.69) is 20.8 Å². The van der Waals surface area contributed by atoms with E-state index < -0.39 is 5.97 Å². The van der Waals surface area contributed by atoms with Gasteiger partial charge in [-0.05, 0) is 18.3 Å². The van der Waals surface area contributed by atoms with E-state index in [4.69, 9.17) is 5.11 Å². The third-order valence-corrected chi connectivity index (χ3v) is 1.82. The van der Waals surface area contributed by atoms with Crippen molar-refractivity contribution in [2.75, 3.05) is 0 Å². The molecule has 13 heavy (non-hydrogen) atoms. The molecule has 0 aromatic rings. The maximum absolute atomic E-state index is 10.2. The van der Waals surface area contributed by atoms with Gasteiger partial charge in [-0.2, -0.15) is 0 Å². The molecule has 0 rings (SSSR count). The van der Waals surface area contributed by atoms with Gasteiger partial charge in [-0.3, -0.25) is 4.79 Å². The van der Waals surface area contributed by atoms with Crippen LogP contribution in [0.25, 0.3) is 0 Å². The maximum Gasteiger partial charge on any atom is 0.303 e. The van der Waals surface area contributed by atoms with Crippen LogP contribution in [0.4, 0.5) is 0 Å². The van der Waals surface area contributed by atoms with Crippen molar-refractivity contribution < 1.29 is 9.90 Å². The van der Waals surface area contributed by atoms with Crippen LogP contribution in [0.2, 0.25) is 0 Å². The zero-order chi connectivity index (χ0) is 9.61. The first-order chi connectivity index (χ1) is 5.42. The molecule has 80 valence electrons. The topological polar surface area (TPSA) is 37.3 Å². The fraction of sp³-hybridized carbons (Fsp3) is 0.900. The lowest BCUT2D eigenvalue weighted by molar-refractivity contribution is -0.137. The van der Waals surface area contributed by atoms with Crippen LogP contribution in [0.5, 0.6) is 0 Å². The number of carbonyl (C=O) groups is 1. The summed E-state index contributed by atoms with van der Waals surface area (Å²) in [6, 6.07) is 0. The molecule has 0 bridgehead atoms. The minimum Gasteiger partial charge on any atom is -0.481 e. The van der Waals surface area contributed by atoms with E-state index in [0.29, 0.717) is 11.8 Å². The lowest BCUT2D eigenvalue weighted by atomic mass is 9.89. The Hall–Kier alpha value is -0.240. The van der Waals surface area contributed by atoms with Gasteiger partial charge < -0.3 is 5.11 Å². The van der Waals surface area contributed by atoms with E-state index in [1.54, 1.807) is 0 Å². The number of hydrogen-bond donors (Lipinski definition) is 1. The molecule has 0 amide bonds.